The highest BCUT2D eigenvalue weighted by Crippen LogP contribution is 2.53. The highest BCUT2D eigenvalue weighted by molar-refractivity contribution is 6.84. The zero-order valence-corrected chi connectivity index (χ0v) is 22.6. The van der Waals surface area contributed by atoms with Crippen LogP contribution in [0.1, 0.15) is 56.9 Å². The van der Waals surface area contributed by atoms with Gasteiger partial charge in [-0.05, 0) is 41.7 Å². The largest absolute Gasteiger partial charge is 0.0776 e. The molecule has 2 bridgehead atoms. The molecule has 1 heteroatoms. The van der Waals surface area contributed by atoms with E-state index in [1.807, 2.05) is 5.20 Å². The van der Waals surface area contributed by atoms with Crippen LogP contribution in [-0.2, 0) is 0 Å². The Morgan fingerprint density at radius 3 is 1.79 bits per heavy atom. The SMILES string of the molecule is C[Si](C)(C)C1=C(c2ccccc2)C2C=CC=CC1C2CCCCCCCCC1C=CC=CC=C1. The molecule has 0 heterocycles. The quantitative estimate of drug-likeness (QED) is 0.224. The molecular formula is C33H44Si. The monoisotopic (exact) mass is 468 g/mol. The Morgan fingerprint density at radius 2 is 1.15 bits per heavy atom. The Balaban J connectivity index is 1.29. The Hall–Kier alpha value is -2.12. The number of unbranched alkanes of at least 4 members (excludes halogenated alkanes) is 5. The number of rotatable bonds is 11. The summed E-state index contributed by atoms with van der Waals surface area (Å²) in [5.41, 5.74) is 3.14. The molecule has 0 spiro atoms. The Labute approximate surface area is 210 Å². The second-order valence-corrected chi connectivity index (χ2v) is 16.5. The molecule has 0 saturated heterocycles. The third-order valence-electron chi connectivity index (χ3n) is 7.90. The average molecular weight is 469 g/mol. The van der Waals surface area contributed by atoms with Gasteiger partial charge in [0.15, 0.2) is 0 Å². The minimum atomic E-state index is -1.43. The van der Waals surface area contributed by atoms with Gasteiger partial charge in [0.25, 0.3) is 0 Å². The maximum atomic E-state index is 2.55. The van der Waals surface area contributed by atoms with Gasteiger partial charge in [0.2, 0.25) is 0 Å². The number of hydrogen-bond donors (Lipinski definition) is 0. The van der Waals surface area contributed by atoms with Crippen molar-refractivity contribution in [2.24, 2.45) is 23.7 Å². The van der Waals surface area contributed by atoms with Crippen LogP contribution in [0.15, 0.2) is 96.3 Å². The molecular weight excluding hydrogens is 424 g/mol. The van der Waals surface area contributed by atoms with E-state index in [0.717, 1.165) is 5.92 Å². The zero-order valence-electron chi connectivity index (χ0n) is 21.6. The van der Waals surface area contributed by atoms with Crippen LogP contribution < -0.4 is 0 Å². The summed E-state index contributed by atoms with van der Waals surface area (Å²) in [6.45, 7) is 7.65. The summed E-state index contributed by atoms with van der Waals surface area (Å²) in [6.07, 6.45) is 34.0. The fraction of sp³-hybridized carbons (Fsp3) is 0.455. The van der Waals surface area contributed by atoms with E-state index < -0.39 is 8.07 Å². The number of benzene rings is 1. The van der Waals surface area contributed by atoms with Crippen LogP contribution in [0.5, 0.6) is 0 Å². The van der Waals surface area contributed by atoms with Crippen LogP contribution in [0.4, 0.5) is 0 Å². The summed E-state index contributed by atoms with van der Waals surface area (Å²) in [5, 5.41) is 1.81. The van der Waals surface area contributed by atoms with E-state index in [9.17, 15) is 0 Å². The number of allylic oxidation sites excluding steroid dienone is 12. The standard InChI is InChI=1S/C33H44Si/c1-34(2,3)33-31-26-18-17-25-30(32(33)28-22-14-10-15-23-28)29(31)24-16-7-5-4-6-11-19-27-20-12-8-9-13-21-27/h8-10,12-15,17-18,20-23,25-27,29-31H,4-7,11,16,19,24H2,1-3H3. The van der Waals surface area contributed by atoms with Gasteiger partial charge in [-0.2, -0.15) is 0 Å². The fourth-order valence-corrected chi connectivity index (χ4v) is 8.78. The van der Waals surface area contributed by atoms with Crippen molar-refractivity contribution in [2.45, 2.75) is 71.0 Å². The molecule has 1 aromatic carbocycles. The molecule has 0 saturated carbocycles. The Morgan fingerprint density at radius 1 is 0.588 bits per heavy atom. The van der Waals surface area contributed by atoms with Crippen LogP contribution in [0, 0.1) is 23.7 Å². The first-order valence-electron chi connectivity index (χ1n) is 13.7. The predicted octanol–water partition coefficient (Wildman–Crippen LogP) is 9.72. The minimum absolute atomic E-state index is 0.583. The molecule has 0 aromatic heterocycles. The summed E-state index contributed by atoms with van der Waals surface area (Å²) in [7, 11) is -1.43. The first-order chi connectivity index (χ1) is 16.6. The van der Waals surface area contributed by atoms with Gasteiger partial charge in [-0.1, -0.05) is 154 Å². The number of fused-ring (bicyclic) bond motifs is 2. The third-order valence-corrected chi connectivity index (χ3v) is 10.1. The maximum Gasteiger partial charge on any atom is 0.0736 e. The maximum absolute atomic E-state index is 2.55. The molecule has 0 fully saturated rings. The van der Waals surface area contributed by atoms with Gasteiger partial charge in [-0.25, -0.2) is 0 Å². The van der Waals surface area contributed by atoms with Crippen LogP contribution in [-0.4, -0.2) is 8.07 Å². The molecule has 34 heavy (non-hydrogen) atoms. The lowest BCUT2D eigenvalue weighted by atomic mass is 9.81. The van der Waals surface area contributed by atoms with Gasteiger partial charge >= 0.3 is 0 Å². The molecule has 180 valence electrons. The van der Waals surface area contributed by atoms with Crippen molar-refractivity contribution in [3.05, 3.63) is 102 Å². The molecule has 0 aliphatic heterocycles. The van der Waals surface area contributed by atoms with E-state index in [2.05, 4.69) is 111 Å². The van der Waals surface area contributed by atoms with E-state index in [4.69, 9.17) is 0 Å². The van der Waals surface area contributed by atoms with Crippen LogP contribution in [0.3, 0.4) is 0 Å². The highest BCUT2D eigenvalue weighted by atomic mass is 28.3. The van der Waals surface area contributed by atoms with Crippen molar-refractivity contribution < 1.29 is 0 Å². The van der Waals surface area contributed by atoms with E-state index in [0.29, 0.717) is 17.8 Å². The number of hydrogen-bond acceptors (Lipinski definition) is 0. The molecule has 3 aliphatic carbocycles. The molecule has 0 nitrogen and oxygen atoms in total. The van der Waals surface area contributed by atoms with Crippen molar-refractivity contribution in [3.8, 4) is 0 Å². The van der Waals surface area contributed by atoms with Gasteiger partial charge in [0.1, 0.15) is 0 Å². The normalized spacial score (nSPS) is 24.1. The van der Waals surface area contributed by atoms with Crippen molar-refractivity contribution in [1.29, 1.82) is 0 Å². The first-order valence-corrected chi connectivity index (χ1v) is 17.2. The molecule has 1 aromatic rings. The summed E-state index contributed by atoms with van der Waals surface area (Å²) < 4.78 is 0. The second-order valence-electron chi connectivity index (χ2n) is 11.4. The summed E-state index contributed by atoms with van der Waals surface area (Å²) in [4.78, 5) is 0. The van der Waals surface area contributed by atoms with Crippen molar-refractivity contribution in [2.75, 3.05) is 0 Å². The fourth-order valence-electron chi connectivity index (χ4n) is 6.35. The summed E-state index contributed by atoms with van der Waals surface area (Å²) in [5.74, 6) is 2.60. The average Bonchev–Trinajstić information content (AvgIpc) is 2.99. The summed E-state index contributed by atoms with van der Waals surface area (Å²) >= 11 is 0. The van der Waals surface area contributed by atoms with Crippen molar-refractivity contribution in [1.82, 2.24) is 0 Å². The molecule has 0 radical (unpaired) electrons. The molecule has 4 rings (SSSR count). The molecule has 3 unspecified atom stereocenters. The topological polar surface area (TPSA) is 0 Å². The van der Waals surface area contributed by atoms with Crippen molar-refractivity contribution >= 4 is 13.6 Å². The lowest BCUT2D eigenvalue weighted by molar-refractivity contribution is 0.375. The van der Waals surface area contributed by atoms with Gasteiger partial charge in [0, 0.05) is 5.92 Å². The summed E-state index contributed by atoms with van der Waals surface area (Å²) in [6, 6.07) is 11.3. The minimum Gasteiger partial charge on any atom is -0.0776 e. The van der Waals surface area contributed by atoms with Gasteiger partial charge in [0.05, 0.1) is 8.07 Å². The van der Waals surface area contributed by atoms with Crippen LogP contribution in [0.2, 0.25) is 19.6 Å². The van der Waals surface area contributed by atoms with Gasteiger partial charge in [-0.15, -0.1) is 0 Å². The van der Waals surface area contributed by atoms with E-state index >= 15 is 0 Å². The molecule has 3 aliphatic rings. The van der Waals surface area contributed by atoms with E-state index in [-0.39, 0.29) is 0 Å². The van der Waals surface area contributed by atoms with Gasteiger partial charge < -0.3 is 0 Å². The predicted molar refractivity (Wildman–Crippen MR) is 153 cm³/mol. The van der Waals surface area contributed by atoms with Gasteiger partial charge in [-0.3, -0.25) is 0 Å². The lowest BCUT2D eigenvalue weighted by Gasteiger charge is -2.28. The lowest BCUT2D eigenvalue weighted by Crippen LogP contribution is -2.29. The van der Waals surface area contributed by atoms with Crippen LogP contribution >= 0.6 is 0 Å². The first kappa shape index (κ1) is 25.0. The smallest absolute Gasteiger partial charge is 0.0736 e. The van der Waals surface area contributed by atoms with Crippen LogP contribution in [0.25, 0.3) is 5.57 Å². The molecule has 3 atom stereocenters. The Bertz CT molecular complexity index is 948. The van der Waals surface area contributed by atoms with E-state index in [1.54, 1.807) is 5.57 Å². The third kappa shape index (κ3) is 6.30. The Kier molecular flexibility index (Phi) is 8.84. The highest BCUT2D eigenvalue weighted by Gasteiger charge is 2.44. The molecule has 0 N–H and O–H groups in total. The zero-order chi connectivity index (χ0) is 23.8. The van der Waals surface area contributed by atoms with E-state index in [1.165, 1.54) is 56.9 Å². The second kappa shape index (κ2) is 12.0. The molecule has 0 amide bonds. The van der Waals surface area contributed by atoms with Crippen molar-refractivity contribution in [3.63, 3.8) is 0 Å².